The molecule has 0 unspecified atom stereocenters. The van der Waals surface area contributed by atoms with Crippen molar-refractivity contribution < 1.29 is 9.18 Å². The molecule has 134 valence electrons. The van der Waals surface area contributed by atoms with Gasteiger partial charge in [-0.05, 0) is 50.5 Å². The third-order valence-electron chi connectivity index (χ3n) is 4.89. The van der Waals surface area contributed by atoms with Crippen molar-refractivity contribution in [1.82, 2.24) is 14.5 Å². The molecule has 26 heavy (non-hydrogen) atoms. The van der Waals surface area contributed by atoms with Crippen molar-refractivity contribution in [2.45, 2.75) is 46.1 Å². The number of halogens is 1. The van der Waals surface area contributed by atoms with Gasteiger partial charge in [0.05, 0.1) is 5.56 Å². The molecular weight excluding hydrogens is 331 g/mol. The second kappa shape index (κ2) is 6.52. The van der Waals surface area contributed by atoms with Crippen LogP contribution in [0.1, 0.15) is 46.7 Å². The predicted octanol–water partition coefficient (Wildman–Crippen LogP) is 4.17. The van der Waals surface area contributed by atoms with Crippen LogP contribution in [0.3, 0.4) is 0 Å². The van der Waals surface area contributed by atoms with Crippen LogP contribution in [0.15, 0.2) is 24.3 Å². The highest BCUT2D eigenvalue weighted by molar-refractivity contribution is 6.11. The Morgan fingerprint density at radius 2 is 2.00 bits per heavy atom. The number of carbonyl (C=O) groups excluding carboxylic acids is 1. The number of pyridine rings is 1. The first kappa shape index (κ1) is 16.7. The molecule has 0 saturated carbocycles. The Kier molecular flexibility index (Phi) is 4.18. The summed E-state index contributed by atoms with van der Waals surface area (Å²) in [7, 11) is 0. The third-order valence-corrected chi connectivity index (χ3v) is 4.89. The second-order valence-electron chi connectivity index (χ2n) is 6.89. The van der Waals surface area contributed by atoms with Crippen LogP contribution in [0.4, 0.5) is 10.1 Å². The minimum Gasteiger partial charge on any atom is -0.322 e. The Balaban J connectivity index is 1.78. The van der Waals surface area contributed by atoms with Crippen LogP contribution in [-0.2, 0) is 13.0 Å². The van der Waals surface area contributed by atoms with E-state index in [9.17, 15) is 9.18 Å². The van der Waals surface area contributed by atoms with Gasteiger partial charge in [-0.25, -0.2) is 14.4 Å². The zero-order valence-corrected chi connectivity index (χ0v) is 15.0. The quantitative estimate of drug-likeness (QED) is 0.753. The first-order chi connectivity index (χ1) is 12.5. The Labute approximate surface area is 151 Å². The molecule has 2 aromatic heterocycles. The molecule has 0 aliphatic carbocycles. The lowest BCUT2D eigenvalue weighted by atomic mass is 10.1. The zero-order valence-electron chi connectivity index (χ0n) is 15.0. The molecule has 1 N–H and O–H groups in total. The second-order valence-corrected chi connectivity index (χ2v) is 6.89. The van der Waals surface area contributed by atoms with Gasteiger partial charge in [-0.15, -0.1) is 0 Å². The third kappa shape index (κ3) is 2.96. The Hall–Kier alpha value is -2.76. The highest BCUT2D eigenvalue weighted by atomic mass is 19.1. The average Bonchev–Trinajstić information content (AvgIpc) is 2.79. The fourth-order valence-corrected chi connectivity index (χ4v) is 3.51. The summed E-state index contributed by atoms with van der Waals surface area (Å²) in [6.45, 7) is 4.59. The number of aryl methyl sites for hydroxylation is 4. The summed E-state index contributed by atoms with van der Waals surface area (Å²) in [6, 6.07) is 6.11. The molecule has 1 amide bonds. The van der Waals surface area contributed by atoms with Gasteiger partial charge in [0.15, 0.2) is 5.65 Å². The van der Waals surface area contributed by atoms with Gasteiger partial charge in [0.1, 0.15) is 17.2 Å². The van der Waals surface area contributed by atoms with E-state index in [0.29, 0.717) is 16.8 Å². The maximum absolute atomic E-state index is 13.5. The van der Waals surface area contributed by atoms with E-state index in [1.807, 2.05) is 13.8 Å². The SMILES string of the molecule is Cc1cc(C(=O)Nc2cc(F)ccc2C)c2nc3n(c2n1)CCCCC3. The molecule has 6 heteroatoms. The van der Waals surface area contributed by atoms with Crippen LogP contribution in [0.25, 0.3) is 11.2 Å². The topological polar surface area (TPSA) is 59.8 Å². The number of fused-ring (bicyclic) bond motifs is 3. The monoisotopic (exact) mass is 352 g/mol. The van der Waals surface area contributed by atoms with Crippen molar-refractivity contribution in [2.75, 3.05) is 5.32 Å². The molecule has 0 bridgehead atoms. The smallest absolute Gasteiger partial charge is 0.258 e. The van der Waals surface area contributed by atoms with E-state index in [-0.39, 0.29) is 11.7 Å². The molecule has 4 rings (SSSR count). The Bertz CT molecular complexity index is 1010. The highest BCUT2D eigenvalue weighted by Crippen LogP contribution is 2.25. The van der Waals surface area contributed by atoms with E-state index in [1.165, 1.54) is 18.6 Å². The zero-order chi connectivity index (χ0) is 18.3. The summed E-state index contributed by atoms with van der Waals surface area (Å²) in [6.07, 6.45) is 4.28. The number of hydrogen-bond donors (Lipinski definition) is 1. The van der Waals surface area contributed by atoms with Gasteiger partial charge in [0.2, 0.25) is 0 Å². The maximum Gasteiger partial charge on any atom is 0.258 e. The predicted molar refractivity (Wildman–Crippen MR) is 98.9 cm³/mol. The molecule has 3 aromatic rings. The molecule has 0 fully saturated rings. The molecule has 1 aliphatic rings. The number of imidazole rings is 1. The van der Waals surface area contributed by atoms with Crippen LogP contribution in [0.5, 0.6) is 0 Å². The van der Waals surface area contributed by atoms with E-state index in [4.69, 9.17) is 4.98 Å². The fourth-order valence-electron chi connectivity index (χ4n) is 3.51. The number of rotatable bonds is 2. The van der Waals surface area contributed by atoms with Crippen LogP contribution in [-0.4, -0.2) is 20.4 Å². The molecule has 1 aromatic carbocycles. The summed E-state index contributed by atoms with van der Waals surface area (Å²) in [5, 5.41) is 2.82. The molecule has 5 nitrogen and oxygen atoms in total. The van der Waals surface area contributed by atoms with Gasteiger partial charge >= 0.3 is 0 Å². The fraction of sp³-hybridized carbons (Fsp3) is 0.350. The molecule has 0 atom stereocenters. The standard InChI is InChI=1S/C20H21FN4O/c1-12-7-8-14(21)11-16(12)23-20(26)15-10-13(2)22-19-18(15)24-17-6-4-3-5-9-25(17)19/h7-8,10-11H,3-6,9H2,1-2H3,(H,23,26). The molecule has 0 saturated heterocycles. The normalized spacial score (nSPS) is 14.1. The first-order valence-electron chi connectivity index (χ1n) is 8.97. The number of aromatic nitrogens is 3. The van der Waals surface area contributed by atoms with E-state index < -0.39 is 0 Å². The van der Waals surface area contributed by atoms with Gasteiger partial charge in [-0.3, -0.25) is 4.79 Å². The molecule has 1 aliphatic heterocycles. The number of hydrogen-bond acceptors (Lipinski definition) is 3. The van der Waals surface area contributed by atoms with Gasteiger partial charge in [0, 0.05) is 24.3 Å². The number of anilines is 1. The largest absolute Gasteiger partial charge is 0.322 e. The lowest BCUT2D eigenvalue weighted by Gasteiger charge is -2.10. The average molecular weight is 352 g/mol. The van der Waals surface area contributed by atoms with Crippen LogP contribution in [0, 0.1) is 19.7 Å². The number of nitrogens with zero attached hydrogens (tertiary/aromatic N) is 3. The first-order valence-corrected chi connectivity index (χ1v) is 8.97. The van der Waals surface area contributed by atoms with E-state index in [2.05, 4.69) is 14.9 Å². The van der Waals surface area contributed by atoms with E-state index in [0.717, 1.165) is 48.5 Å². The number of benzene rings is 1. The summed E-state index contributed by atoms with van der Waals surface area (Å²) in [5.41, 5.74) is 3.92. The summed E-state index contributed by atoms with van der Waals surface area (Å²) in [5.74, 6) is 0.324. The van der Waals surface area contributed by atoms with Crippen molar-refractivity contribution in [1.29, 1.82) is 0 Å². The molecule has 3 heterocycles. The summed E-state index contributed by atoms with van der Waals surface area (Å²) < 4.78 is 15.7. The van der Waals surface area contributed by atoms with Crippen LogP contribution >= 0.6 is 0 Å². The summed E-state index contributed by atoms with van der Waals surface area (Å²) in [4.78, 5) is 22.3. The maximum atomic E-state index is 13.5. The van der Waals surface area contributed by atoms with E-state index in [1.54, 1.807) is 12.1 Å². The number of amides is 1. The summed E-state index contributed by atoms with van der Waals surface area (Å²) >= 11 is 0. The molecule has 0 radical (unpaired) electrons. The highest BCUT2D eigenvalue weighted by Gasteiger charge is 2.21. The van der Waals surface area contributed by atoms with Crippen molar-refractivity contribution in [3.63, 3.8) is 0 Å². The van der Waals surface area contributed by atoms with Crippen molar-refractivity contribution >= 4 is 22.8 Å². The number of nitrogens with one attached hydrogen (secondary N) is 1. The minimum atomic E-state index is -0.379. The lowest BCUT2D eigenvalue weighted by Crippen LogP contribution is -2.14. The van der Waals surface area contributed by atoms with Crippen LogP contribution < -0.4 is 5.32 Å². The molecular formula is C20H21FN4O. The Morgan fingerprint density at radius 3 is 2.85 bits per heavy atom. The minimum absolute atomic E-state index is 0.289. The van der Waals surface area contributed by atoms with Crippen LogP contribution in [0.2, 0.25) is 0 Å². The van der Waals surface area contributed by atoms with E-state index >= 15 is 0 Å². The van der Waals surface area contributed by atoms with Gasteiger partial charge in [-0.2, -0.15) is 0 Å². The van der Waals surface area contributed by atoms with Crippen molar-refractivity contribution in [3.8, 4) is 0 Å². The lowest BCUT2D eigenvalue weighted by molar-refractivity contribution is 0.102. The van der Waals surface area contributed by atoms with Crippen molar-refractivity contribution in [3.05, 3.63) is 52.7 Å². The molecule has 0 spiro atoms. The van der Waals surface area contributed by atoms with Crippen molar-refractivity contribution in [2.24, 2.45) is 0 Å². The van der Waals surface area contributed by atoms with Gasteiger partial charge in [-0.1, -0.05) is 12.5 Å². The van der Waals surface area contributed by atoms with Gasteiger partial charge < -0.3 is 9.88 Å². The Morgan fingerprint density at radius 1 is 1.15 bits per heavy atom. The van der Waals surface area contributed by atoms with Gasteiger partial charge in [0.25, 0.3) is 5.91 Å². The number of carbonyl (C=O) groups is 1.